The average molecular weight is 254 g/mol. The van der Waals surface area contributed by atoms with Crippen LogP contribution in [0.15, 0.2) is 23.8 Å². The van der Waals surface area contributed by atoms with Crippen LogP contribution < -0.4 is 0 Å². The molecule has 0 radical (unpaired) electrons. The number of carbonyl (C=O) groups excluding carboxylic acids is 1. The van der Waals surface area contributed by atoms with Gasteiger partial charge >= 0.3 is 11.9 Å². The van der Waals surface area contributed by atoms with E-state index in [4.69, 9.17) is 9.84 Å². The van der Waals surface area contributed by atoms with Crippen LogP contribution in [-0.4, -0.2) is 23.7 Å². The third-order valence-electron chi connectivity index (χ3n) is 2.50. The van der Waals surface area contributed by atoms with E-state index >= 15 is 0 Å². The van der Waals surface area contributed by atoms with Crippen LogP contribution in [0.1, 0.15) is 40.0 Å². The van der Waals surface area contributed by atoms with E-state index < -0.39 is 11.9 Å². The zero-order chi connectivity index (χ0) is 14.1. The van der Waals surface area contributed by atoms with E-state index in [2.05, 4.69) is 12.7 Å². The molecule has 0 amide bonds. The van der Waals surface area contributed by atoms with E-state index in [9.17, 15) is 9.59 Å². The van der Waals surface area contributed by atoms with E-state index in [1.165, 1.54) is 5.57 Å². The Kier molecular flexibility index (Phi) is 7.76. The minimum absolute atomic E-state index is 0.0825. The summed E-state index contributed by atoms with van der Waals surface area (Å²) < 4.78 is 5.06. The molecule has 102 valence electrons. The molecular weight excluding hydrogens is 232 g/mol. The topological polar surface area (TPSA) is 63.6 Å². The summed E-state index contributed by atoms with van der Waals surface area (Å²) in [6.45, 7) is 10.0. The van der Waals surface area contributed by atoms with Crippen molar-refractivity contribution in [3.05, 3.63) is 23.8 Å². The number of ether oxygens (including phenoxy) is 1. The summed E-state index contributed by atoms with van der Waals surface area (Å²) in [5.74, 6) is -1.37. The molecule has 0 aromatic carbocycles. The number of carbonyl (C=O) groups is 2. The normalized spacial score (nSPS) is 11.5. The van der Waals surface area contributed by atoms with Crippen LogP contribution in [0.2, 0.25) is 0 Å². The quantitative estimate of drug-likeness (QED) is 0.534. The summed E-state index contributed by atoms with van der Waals surface area (Å²) >= 11 is 0. The van der Waals surface area contributed by atoms with Gasteiger partial charge < -0.3 is 9.84 Å². The molecule has 1 N–H and O–H groups in total. The summed E-state index contributed by atoms with van der Waals surface area (Å²) in [4.78, 5) is 21.6. The highest BCUT2D eigenvalue weighted by Crippen LogP contribution is 2.16. The first-order valence-electron chi connectivity index (χ1n) is 5.99. The van der Waals surface area contributed by atoms with E-state index in [1.54, 1.807) is 0 Å². The Morgan fingerprint density at radius 1 is 1.28 bits per heavy atom. The van der Waals surface area contributed by atoms with Crippen molar-refractivity contribution in [2.24, 2.45) is 5.92 Å². The van der Waals surface area contributed by atoms with Crippen LogP contribution >= 0.6 is 0 Å². The van der Waals surface area contributed by atoms with Gasteiger partial charge in [-0.05, 0) is 27.2 Å². The molecule has 0 aliphatic heterocycles. The predicted molar refractivity (Wildman–Crippen MR) is 70.2 cm³/mol. The highest BCUT2D eigenvalue weighted by molar-refractivity contribution is 5.76. The van der Waals surface area contributed by atoms with Gasteiger partial charge in [0.2, 0.25) is 0 Å². The lowest BCUT2D eigenvalue weighted by atomic mass is 9.98. The van der Waals surface area contributed by atoms with Gasteiger partial charge in [0.05, 0.1) is 19.4 Å². The Morgan fingerprint density at radius 3 is 2.33 bits per heavy atom. The van der Waals surface area contributed by atoms with Gasteiger partial charge in [-0.3, -0.25) is 9.59 Å². The van der Waals surface area contributed by atoms with Crippen molar-refractivity contribution in [2.75, 3.05) is 6.61 Å². The molecule has 0 bridgehead atoms. The van der Waals surface area contributed by atoms with Crippen molar-refractivity contribution in [2.45, 2.75) is 40.0 Å². The molecule has 0 heterocycles. The van der Waals surface area contributed by atoms with Crippen molar-refractivity contribution in [1.82, 2.24) is 0 Å². The molecule has 4 nitrogen and oxygen atoms in total. The first kappa shape index (κ1) is 16.4. The van der Waals surface area contributed by atoms with E-state index in [0.717, 1.165) is 12.0 Å². The zero-order valence-electron chi connectivity index (χ0n) is 11.4. The molecule has 0 unspecified atom stereocenters. The van der Waals surface area contributed by atoms with E-state index in [-0.39, 0.29) is 25.4 Å². The lowest BCUT2D eigenvalue weighted by Gasteiger charge is -2.15. The largest absolute Gasteiger partial charge is 0.481 e. The number of rotatable bonds is 8. The van der Waals surface area contributed by atoms with Gasteiger partial charge in [-0.15, -0.1) is 0 Å². The number of aliphatic carboxylic acids is 1. The SMILES string of the molecule is C=C(C)[C@H](CC=C(C)C)COC(=O)CCC(=O)O. The number of carboxylic acid groups (broad SMARTS) is 1. The maximum Gasteiger partial charge on any atom is 0.306 e. The maximum absolute atomic E-state index is 11.3. The fourth-order valence-corrected chi connectivity index (χ4v) is 1.26. The first-order valence-corrected chi connectivity index (χ1v) is 5.99. The number of hydrogen-bond acceptors (Lipinski definition) is 3. The third-order valence-corrected chi connectivity index (χ3v) is 2.50. The van der Waals surface area contributed by atoms with Crippen molar-refractivity contribution in [1.29, 1.82) is 0 Å². The number of carboxylic acids is 1. The molecule has 0 fully saturated rings. The Bertz CT molecular complexity index is 338. The van der Waals surface area contributed by atoms with Crippen LogP contribution in [0.25, 0.3) is 0 Å². The van der Waals surface area contributed by atoms with Crippen LogP contribution in [0, 0.1) is 5.92 Å². The third kappa shape index (κ3) is 8.56. The molecule has 0 saturated heterocycles. The van der Waals surface area contributed by atoms with Crippen molar-refractivity contribution in [3.8, 4) is 0 Å². The fraction of sp³-hybridized carbons (Fsp3) is 0.571. The molecule has 0 rings (SSSR count). The summed E-state index contributed by atoms with van der Waals surface area (Å²) in [5, 5.41) is 8.44. The van der Waals surface area contributed by atoms with Gasteiger partial charge in [-0.1, -0.05) is 23.8 Å². The van der Waals surface area contributed by atoms with Gasteiger partial charge in [-0.25, -0.2) is 0 Å². The summed E-state index contributed by atoms with van der Waals surface area (Å²) in [5.41, 5.74) is 2.16. The van der Waals surface area contributed by atoms with Crippen LogP contribution in [0.3, 0.4) is 0 Å². The number of esters is 1. The first-order chi connectivity index (χ1) is 8.32. The van der Waals surface area contributed by atoms with Gasteiger partial charge in [0.15, 0.2) is 0 Å². The maximum atomic E-state index is 11.3. The zero-order valence-corrected chi connectivity index (χ0v) is 11.4. The molecule has 0 aromatic rings. The van der Waals surface area contributed by atoms with Gasteiger partial charge in [-0.2, -0.15) is 0 Å². The predicted octanol–water partition coefficient (Wildman–Crippen LogP) is 2.94. The molecular formula is C14H22O4. The van der Waals surface area contributed by atoms with Gasteiger partial charge in [0.1, 0.15) is 0 Å². The molecule has 1 atom stereocenters. The van der Waals surface area contributed by atoms with Crippen LogP contribution in [0.5, 0.6) is 0 Å². The molecule has 18 heavy (non-hydrogen) atoms. The summed E-state index contributed by atoms with van der Waals surface area (Å²) in [7, 11) is 0. The van der Waals surface area contributed by atoms with Gasteiger partial charge in [0.25, 0.3) is 0 Å². The smallest absolute Gasteiger partial charge is 0.306 e. The highest BCUT2D eigenvalue weighted by Gasteiger charge is 2.12. The summed E-state index contributed by atoms with van der Waals surface area (Å²) in [6.07, 6.45) is 2.58. The Labute approximate surface area is 108 Å². The summed E-state index contributed by atoms with van der Waals surface area (Å²) in [6, 6.07) is 0. The number of allylic oxidation sites excluding steroid dienone is 2. The molecule has 4 heteroatoms. The second-order valence-electron chi connectivity index (χ2n) is 4.64. The van der Waals surface area contributed by atoms with E-state index in [0.29, 0.717) is 0 Å². The Balaban J connectivity index is 4.11. The molecule has 0 saturated carbocycles. The van der Waals surface area contributed by atoms with Gasteiger partial charge in [0, 0.05) is 5.92 Å². The monoisotopic (exact) mass is 254 g/mol. The standard InChI is InChI=1S/C14H22O4/c1-10(2)5-6-12(11(3)4)9-18-14(17)8-7-13(15)16/h5,12H,3,6-9H2,1-2,4H3,(H,15,16)/t12-/m1/s1. The minimum atomic E-state index is -0.993. The fourth-order valence-electron chi connectivity index (χ4n) is 1.26. The Morgan fingerprint density at radius 2 is 1.89 bits per heavy atom. The second kappa shape index (κ2) is 8.50. The molecule has 0 aromatic heterocycles. The minimum Gasteiger partial charge on any atom is -0.481 e. The lowest BCUT2D eigenvalue weighted by Crippen LogP contribution is -2.15. The lowest BCUT2D eigenvalue weighted by molar-refractivity contribution is -0.148. The van der Waals surface area contributed by atoms with Crippen molar-refractivity contribution < 1.29 is 19.4 Å². The Hall–Kier alpha value is -1.58. The molecule has 0 aliphatic carbocycles. The van der Waals surface area contributed by atoms with Crippen molar-refractivity contribution in [3.63, 3.8) is 0 Å². The molecule has 0 spiro atoms. The van der Waals surface area contributed by atoms with E-state index in [1.807, 2.05) is 20.8 Å². The van der Waals surface area contributed by atoms with Crippen LogP contribution in [-0.2, 0) is 14.3 Å². The second-order valence-corrected chi connectivity index (χ2v) is 4.64. The highest BCUT2D eigenvalue weighted by atomic mass is 16.5. The van der Waals surface area contributed by atoms with Crippen LogP contribution in [0.4, 0.5) is 0 Å². The molecule has 0 aliphatic rings. The number of hydrogen-bond donors (Lipinski definition) is 1. The van der Waals surface area contributed by atoms with Crippen molar-refractivity contribution >= 4 is 11.9 Å². The average Bonchev–Trinajstić information content (AvgIpc) is 2.25.